The molecule has 0 saturated heterocycles. The van der Waals surface area contributed by atoms with E-state index in [-0.39, 0.29) is 13.2 Å². The van der Waals surface area contributed by atoms with Gasteiger partial charge in [0.25, 0.3) is 0 Å². The van der Waals surface area contributed by atoms with E-state index in [0.29, 0.717) is 27.1 Å². The molecule has 0 radical (unpaired) electrons. The summed E-state index contributed by atoms with van der Waals surface area (Å²) in [6.45, 7) is 1.89. The second-order valence-electron chi connectivity index (χ2n) is 6.26. The number of hydrogen-bond acceptors (Lipinski definition) is 5. The van der Waals surface area contributed by atoms with Gasteiger partial charge in [-0.1, -0.05) is 29.8 Å². The Balaban J connectivity index is 1.59. The number of fused-ring (bicyclic) bond motifs is 2. The highest BCUT2D eigenvalue weighted by Gasteiger charge is 2.19. The molecule has 5 nitrogen and oxygen atoms in total. The topological polar surface area (TPSA) is 65.7 Å². The van der Waals surface area contributed by atoms with E-state index in [1.807, 2.05) is 31.2 Å². The minimum absolute atomic E-state index is 0.0701. The maximum atomic E-state index is 12.4. The van der Waals surface area contributed by atoms with Crippen molar-refractivity contribution >= 4 is 34.6 Å². The number of hydrogen-bond donors (Lipinski definition) is 0. The predicted octanol–water partition coefficient (Wildman–Crippen LogP) is 4.27. The van der Waals surface area contributed by atoms with Crippen LogP contribution in [0.2, 0.25) is 5.02 Å². The summed E-state index contributed by atoms with van der Waals surface area (Å²) in [7, 11) is 0. The van der Waals surface area contributed by atoms with Crippen LogP contribution >= 0.6 is 11.6 Å². The Morgan fingerprint density at radius 2 is 2.04 bits per heavy atom. The van der Waals surface area contributed by atoms with E-state index in [2.05, 4.69) is 0 Å². The molecule has 2 heterocycles. The number of esters is 1. The first-order valence-corrected chi connectivity index (χ1v) is 8.71. The van der Waals surface area contributed by atoms with E-state index in [1.165, 1.54) is 6.07 Å². The Morgan fingerprint density at radius 1 is 1.22 bits per heavy atom. The number of para-hydroxylation sites is 1. The quantitative estimate of drug-likeness (QED) is 0.500. The lowest BCUT2D eigenvalue weighted by Crippen LogP contribution is -2.17. The molecule has 1 aliphatic rings. The van der Waals surface area contributed by atoms with Crippen molar-refractivity contribution in [2.24, 2.45) is 0 Å². The number of rotatable bonds is 3. The molecule has 0 bridgehead atoms. The van der Waals surface area contributed by atoms with Crippen LogP contribution in [0, 0.1) is 6.92 Å². The van der Waals surface area contributed by atoms with Gasteiger partial charge in [-0.05, 0) is 36.8 Å². The lowest BCUT2D eigenvalue weighted by atomic mass is 10.1. The van der Waals surface area contributed by atoms with Crippen LogP contribution in [-0.2, 0) is 16.1 Å². The zero-order chi connectivity index (χ0) is 19.0. The van der Waals surface area contributed by atoms with Gasteiger partial charge in [-0.15, -0.1) is 0 Å². The fraction of sp³-hybridized carbons (Fsp3) is 0.143. The highest BCUT2D eigenvalue weighted by molar-refractivity contribution is 6.32. The molecule has 0 saturated carbocycles. The smallest absolute Gasteiger partial charge is 0.337 e. The molecule has 27 heavy (non-hydrogen) atoms. The van der Waals surface area contributed by atoms with Crippen molar-refractivity contribution in [2.75, 3.05) is 6.61 Å². The molecule has 0 N–H and O–H groups in total. The monoisotopic (exact) mass is 382 g/mol. The molecular weight excluding hydrogens is 368 g/mol. The van der Waals surface area contributed by atoms with Gasteiger partial charge in [0.2, 0.25) is 0 Å². The maximum Gasteiger partial charge on any atom is 0.337 e. The molecule has 0 atom stereocenters. The number of carbonyl (C=O) groups excluding carboxylic acids is 1. The van der Waals surface area contributed by atoms with Crippen LogP contribution in [0.5, 0.6) is 5.75 Å². The minimum atomic E-state index is -0.510. The van der Waals surface area contributed by atoms with Crippen molar-refractivity contribution < 1.29 is 18.7 Å². The average molecular weight is 383 g/mol. The Labute approximate surface area is 159 Å². The maximum absolute atomic E-state index is 12.4. The Hall–Kier alpha value is -3.05. The third-order valence-corrected chi connectivity index (χ3v) is 4.77. The van der Waals surface area contributed by atoms with Crippen LogP contribution in [0.1, 0.15) is 16.7 Å². The van der Waals surface area contributed by atoms with E-state index in [4.69, 9.17) is 25.5 Å². The van der Waals surface area contributed by atoms with E-state index in [9.17, 15) is 9.59 Å². The minimum Gasteiger partial charge on any atom is -0.488 e. The first-order valence-electron chi connectivity index (χ1n) is 8.33. The van der Waals surface area contributed by atoms with Crippen molar-refractivity contribution in [2.45, 2.75) is 13.5 Å². The van der Waals surface area contributed by atoms with Crippen LogP contribution in [0.3, 0.4) is 0 Å². The Bertz CT molecular complexity index is 1140. The third-order valence-electron chi connectivity index (χ3n) is 4.36. The van der Waals surface area contributed by atoms with Crippen LogP contribution in [0.25, 0.3) is 17.0 Å². The van der Waals surface area contributed by atoms with E-state index in [1.54, 1.807) is 18.2 Å². The number of halogens is 1. The Morgan fingerprint density at radius 3 is 2.89 bits per heavy atom. The number of carbonyl (C=O) groups is 1. The summed E-state index contributed by atoms with van der Waals surface area (Å²) < 4.78 is 16.2. The standard InChI is InChI=1S/C21H15ClO5/c1-12-6-19-16(9-17(12)22)14(8-20(23)27-19)10-26-21(24)15-7-13-4-2-3-5-18(13)25-11-15/h2-9H,10-11H2,1H3. The molecule has 0 amide bonds. The molecule has 0 spiro atoms. The summed E-state index contributed by atoms with van der Waals surface area (Å²) in [6.07, 6.45) is 1.75. The van der Waals surface area contributed by atoms with Gasteiger partial charge in [-0.25, -0.2) is 9.59 Å². The first-order chi connectivity index (χ1) is 13.0. The van der Waals surface area contributed by atoms with Crippen molar-refractivity contribution in [1.29, 1.82) is 0 Å². The van der Waals surface area contributed by atoms with Crippen molar-refractivity contribution in [3.05, 3.63) is 80.2 Å². The Kier molecular flexibility index (Phi) is 4.46. The van der Waals surface area contributed by atoms with Crippen molar-refractivity contribution in [1.82, 2.24) is 0 Å². The predicted molar refractivity (Wildman–Crippen MR) is 102 cm³/mol. The molecule has 3 aromatic rings. The van der Waals surface area contributed by atoms with Crippen LogP contribution in [-0.4, -0.2) is 12.6 Å². The zero-order valence-electron chi connectivity index (χ0n) is 14.5. The van der Waals surface area contributed by atoms with Gasteiger partial charge >= 0.3 is 11.6 Å². The lowest BCUT2D eigenvalue weighted by molar-refractivity contribution is -0.140. The second-order valence-corrected chi connectivity index (χ2v) is 6.67. The molecule has 0 unspecified atom stereocenters. The van der Waals surface area contributed by atoms with Crippen molar-refractivity contribution in [3.63, 3.8) is 0 Å². The summed E-state index contributed by atoms with van der Waals surface area (Å²) in [6, 6.07) is 12.2. The molecule has 1 aromatic heterocycles. The fourth-order valence-electron chi connectivity index (χ4n) is 2.94. The molecular formula is C21H15ClO5. The van der Waals surface area contributed by atoms with Gasteiger partial charge in [-0.2, -0.15) is 0 Å². The number of benzene rings is 2. The van der Waals surface area contributed by atoms with Gasteiger partial charge in [0.05, 0.1) is 5.57 Å². The molecule has 0 aliphatic carbocycles. The second kappa shape index (κ2) is 6.93. The lowest BCUT2D eigenvalue weighted by Gasteiger charge is -2.17. The molecule has 0 fully saturated rings. The largest absolute Gasteiger partial charge is 0.488 e. The van der Waals surface area contributed by atoms with Gasteiger partial charge in [0.1, 0.15) is 24.5 Å². The summed E-state index contributed by atoms with van der Waals surface area (Å²) in [5.41, 5.74) is 2.46. The third kappa shape index (κ3) is 3.46. The summed E-state index contributed by atoms with van der Waals surface area (Å²) in [4.78, 5) is 24.2. The highest BCUT2D eigenvalue weighted by atomic mass is 35.5. The highest BCUT2D eigenvalue weighted by Crippen LogP contribution is 2.28. The van der Waals surface area contributed by atoms with Gasteiger partial charge in [-0.3, -0.25) is 0 Å². The molecule has 4 rings (SSSR count). The van der Waals surface area contributed by atoms with E-state index >= 15 is 0 Å². The fourth-order valence-corrected chi connectivity index (χ4v) is 3.10. The molecule has 2 aromatic carbocycles. The van der Waals surface area contributed by atoms with Crippen LogP contribution in [0.4, 0.5) is 0 Å². The summed E-state index contributed by atoms with van der Waals surface area (Å²) in [5.74, 6) is 0.231. The summed E-state index contributed by atoms with van der Waals surface area (Å²) >= 11 is 6.18. The number of aryl methyl sites for hydroxylation is 1. The van der Waals surface area contributed by atoms with E-state index in [0.717, 1.165) is 16.9 Å². The SMILES string of the molecule is Cc1cc2oc(=O)cc(COC(=O)C3=Cc4ccccc4OC3)c2cc1Cl. The number of ether oxygens (including phenoxy) is 2. The average Bonchev–Trinajstić information content (AvgIpc) is 2.67. The normalized spacial score (nSPS) is 12.9. The molecule has 6 heteroatoms. The zero-order valence-corrected chi connectivity index (χ0v) is 15.2. The molecule has 1 aliphatic heterocycles. The van der Waals surface area contributed by atoms with Crippen LogP contribution < -0.4 is 10.4 Å². The van der Waals surface area contributed by atoms with Gasteiger partial charge in [0, 0.05) is 27.6 Å². The summed E-state index contributed by atoms with van der Waals surface area (Å²) in [5, 5.41) is 1.18. The molecule has 136 valence electrons. The van der Waals surface area contributed by atoms with Gasteiger partial charge in [0.15, 0.2) is 0 Å². The van der Waals surface area contributed by atoms with E-state index < -0.39 is 11.6 Å². The van der Waals surface area contributed by atoms with Gasteiger partial charge < -0.3 is 13.9 Å². The van der Waals surface area contributed by atoms with Crippen LogP contribution in [0.15, 0.2) is 57.2 Å². The first kappa shape index (κ1) is 17.4. The van der Waals surface area contributed by atoms with Crippen molar-refractivity contribution in [3.8, 4) is 5.75 Å².